The van der Waals surface area contributed by atoms with Crippen molar-refractivity contribution < 1.29 is 9.53 Å². The average molecular weight is 356 g/mol. The van der Waals surface area contributed by atoms with Gasteiger partial charge in [-0.1, -0.05) is 0 Å². The van der Waals surface area contributed by atoms with Gasteiger partial charge in [-0.3, -0.25) is 4.79 Å². The van der Waals surface area contributed by atoms with E-state index in [9.17, 15) is 4.79 Å². The van der Waals surface area contributed by atoms with Crippen LogP contribution < -0.4 is 4.74 Å². The number of hydrogen-bond donors (Lipinski definition) is 0. The molecule has 1 saturated heterocycles. The number of carbonyl (C=O) groups is 1. The minimum absolute atomic E-state index is 0.0803. The van der Waals surface area contributed by atoms with Gasteiger partial charge in [0.15, 0.2) is 0 Å². The average Bonchev–Trinajstić information content (AvgIpc) is 3.26. The zero-order chi connectivity index (χ0) is 18.1. The first-order chi connectivity index (χ1) is 12.6. The molecule has 1 amide bonds. The van der Waals surface area contributed by atoms with Crippen LogP contribution in [0.5, 0.6) is 5.88 Å². The van der Waals surface area contributed by atoms with E-state index < -0.39 is 0 Å². The summed E-state index contributed by atoms with van der Waals surface area (Å²) in [7, 11) is 0. The van der Waals surface area contributed by atoms with E-state index >= 15 is 0 Å². The Labute approximate surface area is 152 Å². The van der Waals surface area contributed by atoms with Crippen LogP contribution in [0.1, 0.15) is 47.8 Å². The minimum Gasteiger partial charge on any atom is -0.476 e. The van der Waals surface area contributed by atoms with Gasteiger partial charge in [-0.2, -0.15) is 5.10 Å². The Hall–Kier alpha value is -2.51. The van der Waals surface area contributed by atoms with E-state index in [-0.39, 0.29) is 11.9 Å². The molecule has 1 aliphatic carbocycles. The highest BCUT2D eigenvalue weighted by Crippen LogP contribution is 2.29. The summed E-state index contributed by atoms with van der Waals surface area (Å²) in [6.45, 7) is 5.90. The summed E-state index contributed by atoms with van der Waals surface area (Å²) in [6, 6.07) is 0.106. The Kier molecular flexibility index (Phi) is 4.57. The van der Waals surface area contributed by atoms with E-state index in [0.717, 1.165) is 31.0 Å². The predicted octanol–water partition coefficient (Wildman–Crippen LogP) is 1.78. The zero-order valence-electron chi connectivity index (χ0n) is 15.3. The Morgan fingerprint density at radius 2 is 2.08 bits per heavy atom. The van der Waals surface area contributed by atoms with Crippen molar-refractivity contribution in [2.24, 2.45) is 5.92 Å². The summed E-state index contributed by atoms with van der Waals surface area (Å²) >= 11 is 0. The normalized spacial score (nSPS) is 19.8. The third-order valence-electron chi connectivity index (χ3n) is 5.00. The molecule has 0 bridgehead atoms. The largest absolute Gasteiger partial charge is 0.476 e. The first-order valence-corrected chi connectivity index (χ1v) is 9.24. The molecule has 1 saturated carbocycles. The molecule has 26 heavy (non-hydrogen) atoms. The maximum Gasteiger partial charge on any atom is 0.274 e. The standard InChI is InChI=1S/C18H24N6O2/c1-12-21-13(2)24(22-12)10-15-4-3-7-23(15)18(25)16-8-20-17(9-19-16)26-11-14-5-6-14/h8-9,14-15H,3-7,10-11H2,1-2H3. The van der Waals surface area contributed by atoms with E-state index in [1.54, 1.807) is 6.20 Å². The molecule has 1 atom stereocenters. The summed E-state index contributed by atoms with van der Waals surface area (Å²) in [5, 5.41) is 4.41. The molecule has 4 rings (SSSR count). The number of amides is 1. The van der Waals surface area contributed by atoms with Gasteiger partial charge >= 0.3 is 0 Å². The topological polar surface area (TPSA) is 86.0 Å². The number of rotatable bonds is 6. The maximum absolute atomic E-state index is 12.9. The van der Waals surface area contributed by atoms with Crippen LogP contribution in [0.15, 0.2) is 12.4 Å². The van der Waals surface area contributed by atoms with E-state index in [1.807, 2.05) is 23.4 Å². The lowest BCUT2D eigenvalue weighted by atomic mass is 10.2. The van der Waals surface area contributed by atoms with Gasteiger partial charge in [0.1, 0.15) is 17.3 Å². The van der Waals surface area contributed by atoms with Gasteiger partial charge in [0.25, 0.3) is 5.91 Å². The molecule has 2 aromatic rings. The second-order valence-corrected chi connectivity index (χ2v) is 7.18. The number of carbonyl (C=O) groups excluding carboxylic acids is 1. The number of aromatic nitrogens is 5. The van der Waals surface area contributed by atoms with E-state index in [1.165, 1.54) is 19.0 Å². The fourth-order valence-electron chi connectivity index (χ4n) is 3.36. The lowest BCUT2D eigenvalue weighted by molar-refractivity contribution is 0.0714. The highest BCUT2D eigenvalue weighted by atomic mass is 16.5. The van der Waals surface area contributed by atoms with Crippen molar-refractivity contribution in [3.8, 4) is 5.88 Å². The molecule has 1 unspecified atom stereocenters. The van der Waals surface area contributed by atoms with Crippen LogP contribution in [-0.2, 0) is 6.54 Å². The Morgan fingerprint density at radius 3 is 2.73 bits per heavy atom. The number of likely N-dealkylation sites (tertiary alicyclic amines) is 1. The molecule has 0 aromatic carbocycles. The van der Waals surface area contributed by atoms with Crippen LogP contribution in [0.2, 0.25) is 0 Å². The molecular weight excluding hydrogens is 332 g/mol. The highest BCUT2D eigenvalue weighted by Gasteiger charge is 2.31. The van der Waals surface area contributed by atoms with E-state index in [0.29, 0.717) is 30.6 Å². The smallest absolute Gasteiger partial charge is 0.274 e. The van der Waals surface area contributed by atoms with Crippen molar-refractivity contribution in [1.82, 2.24) is 29.6 Å². The molecule has 0 radical (unpaired) electrons. The van der Waals surface area contributed by atoms with Gasteiger partial charge < -0.3 is 9.64 Å². The lowest BCUT2D eigenvalue weighted by Gasteiger charge is -2.24. The zero-order valence-corrected chi connectivity index (χ0v) is 15.3. The summed E-state index contributed by atoms with van der Waals surface area (Å²) in [6.07, 6.45) is 7.46. The Morgan fingerprint density at radius 1 is 1.23 bits per heavy atom. The summed E-state index contributed by atoms with van der Waals surface area (Å²) < 4.78 is 7.47. The molecule has 2 fully saturated rings. The van der Waals surface area contributed by atoms with Crippen LogP contribution in [0.3, 0.4) is 0 Å². The van der Waals surface area contributed by atoms with Gasteiger partial charge in [-0.15, -0.1) is 0 Å². The summed E-state index contributed by atoms with van der Waals surface area (Å²) in [5.41, 5.74) is 0.363. The molecule has 0 N–H and O–H groups in total. The third-order valence-corrected chi connectivity index (χ3v) is 5.00. The SMILES string of the molecule is Cc1nc(C)n(CC2CCCN2C(=O)c2cnc(OCC3CC3)cn2)n1. The second-order valence-electron chi connectivity index (χ2n) is 7.18. The van der Waals surface area contributed by atoms with Gasteiger partial charge in [0.2, 0.25) is 5.88 Å². The predicted molar refractivity (Wildman–Crippen MR) is 93.8 cm³/mol. The van der Waals surface area contributed by atoms with Crippen LogP contribution in [0, 0.1) is 19.8 Å². The number of nitrogens with zero attached hydrogens (tertiary/aromatic N) is 6. The van der Waals surface area contributed by atoms with Crippen LogP contribution in [0.4, 0.5) is 0 Å². The van der Waals surface area contributed by atoms with Crippen LogP contribution in [-0.4, -0.2) is 54.7 Å². The molecule has 2 aromatic heterocycles. The first-order valence-electron chi connectivity index (χ1n) is 9.24. The van der Waals surface area contributed by atoms with Crippen molar-refractivity contribution in [2.45, 2.75) is 52.1 Å². The fourth-order valence-corrected chi connectivity index (χ4v) is 3.36. The van der Waals surface area contributed by atoms with Crippen molar-refractivity contribution in [3.63, 3.8) is 0 Å². The van der Waals surface area contributed by atoms with Crippen molar-refractivity contribution in [2.75, 3.05) is 13.2 Å². The maximum atomic E-state index is 12.9. The van der Waals surface area contributed by atoms with Crippen molar-refractivity contribution in [3.05, 3.63) is 29.7 Å². The van der Waals surface area contributed by atoms with Gasteiger partial charge in [-0.25, -0.2) is 19.6 Å². The van der Waals surface area contributed by atoms with E-state index in [2.05, 4.69) is 20.1 Å². The molecule has 8 heteroatoms. The van der Waals surface area contributed by atoms with Gasteiger partial charge in [0, 0.05) is 6.54 Å². The molecule has 8 nitrogen and oxygen atoms in total. The molecular formula is C18H24N6O2. The van der Waals surface area contributed by atoms with E-state index in [4.69, 9.17) is 4.74 Å². The molecule has 2 aliphatic rings. The van der Waals surface area contributed by atoms with Crippen LogP contribution in [0.25, 0.3) is 0 Å². The quantitative estimate of drug-likeness (QED) is 0.784. The summed E-state index contributed by atoms with van der Waals surface area (Å²) in [4.78, 5) is 27.6. The van der Waals surface area contributed by atoms with Gasteiger partial charge in [-0.05, 0) is 45.4 Å². The summed E-state index contributed by atoms with van der Waals surface area (Å²) in [5.74, 6) is 2.69. The fraction of sp³-hybridized carbons (Fsp3) is 0.611. The van der Waals surface area contributed by atoms with Crippen molar-refractivity contribution >= 4 is 5.91 Å². The molecule has 1 aliphatic heterocycles. The highest BCUT2D eigenvalue weighted by molar-refractivity contribution is 5.92. The number of hydrogen-bond acceptors (Lipinski definition) is 6. The Balaban J connectivity index is 1.41. The minimum atomic E-state index is -0.0803. The monoisotopic (exact) mass is 356 g/mol. The van der Waals surface area contributed by atoms with Gasteiger partial charge in [0.05, 0.1) is 31.6 Å². The lowest BCUT2D eigenvalue weighted by Crippen LogP contribution is -2.39. The number of aryl methyl sites for hydroxylation is 2. The molecule has 3 heterocycles. The second kappa shape index (κ2) is 7.01. The molecule has 0 spiro atoms. The first kappa shape index (κ1) is 16.9. The van der Waals surface area contributed by atoms with Crippen LogP contribution >= 0.6 is 0 Å². The third kappa shape index (κ3) is 3.68. The number of ether oxygens (including phenoxy) is 1. The molecule has 138 valence electrons. The Bertz CT molecular complexity index is 783. The van der Waals surface area contributed by atoms with Crippen molar-refractivity contribution in [1.29, 1.82) is 0 Å².